The van der Waals surface area contributed by atoms with Crippen LogP contribution in [0.5, 0.6) is 5.75 Å². The largest absolute Gasteiger partial charge is 0.497 e. The smallest absolute Gasteiger partial charge is 0.234 e. The van der Waals surface area contributed by atoms with Gasteiger partial charge in [-0.15, -0.1) is 0 Å². The maximum absolute atomic E-state index is 12.5. The molecule has 0 bridgehead atoms. The SMILES string of the molecule is COc1ccc(C(NC(=O)CN2CCN(C(C)=O)CC2)C2CC2)cc1. The minimum Gasteiger partial charge on any atom is -0.497 e. The molecule has 2 fully saturated rings. The van der Waals surface area contributed by atoms with E-state index < -0.39 is 0 Å². The molecule has 1 heterocycles. The van der Waals surface area contributed by atoms with Crippen molar-refractivity contribution in [2.75, 3.05) is 39.8 Å². The second kappa shape index (κ2) is 7.87. The van der Waals surface area contributed by atoms with Crippen LogP contribution >= 0.6 is 0 Å². The lowest BCUT2D eigenvalue weighted by molar-refractivity contribution is -0.131. The van der Waals surface area contributed by atoms with Gasteiger partial charge in [0.1, 0.15) is 5.75 Å². The number of hydrogen-bond donors (Lipinski definition) is 1. The van der Waals surface area contributed by atoms with Crippen LogP contribution < -0.4 is 10.1 Å². The molecule has 2 amide bonds. The minimum atomic E-state index is 0.0593. The van der Waals surface area contributed by atoms with Crippen LogP contribution in [0.1, 0.15) is 31.4 Å². The van der Waals surface area contributed by atoms with Crippen LogP contribution in [0.2, 0.25) is 0 Å². The number of carbonyl (C=O) groups excluding carboxylic acids is 2. The van der Waals surface area contributed by atoms with Gasteiger partial charge in [0.05, 0.1) is 19.7 Å². The molecule has 6 nitrogen and oxygen atoms in total. The highest BCUT2D eigenvalue weighted by Crippen LogP contribution is 2.41. The highest BCUT2D eigenvalue weighted by atomic mass is 16.5. The molecule has 6 heteroatoms. The number of benzene rings is 1. The molecule has 2 aliphatic rings. The quantitative estimate of drug-likeness (QED) is 0.847. The summed E-state index contributed by atoms with van der Waals surface area (Å²) in [5.74, 6) is 1.53. The van der Waals surface area contributed by atoms with Gasteiger partial charge in [-0.1, -0.05) is 12.1 Å². The summed E-state index contributed by atoms with van der Waals surface area (Å²) in [5, 5.41) is 3.21. The second-order valence-electron chi connectivity index (χ2n) is 6.94. The van der Waals surface area contributed by atoms with E-state index in [4.69, 9.17) is 4.74 Å². The van der Waals surface area contributed by atoms with Crippen LogP contribution in [-0.2, 0) is 9.59 Å². The average Bonchev–Trinajstić information content (AvgIpc) is 3.45. The summed E-state index contributed by atoms with van der Waals surface area (Å²) in [6.45, 7) is 4.90. The second-order valence-corrected chi connectivity index (χ2v) is 6.94. The van der Waals surface area contributed by atoms with Crippen molar-refractivity contribution in [2.24, 2.45) is 5.92 Å². The Morgan fingerprint density at radius 3 is 2.32 bits per heavy atom. The zero-order chi connectivity index (χ0) is 17.8. The molecule has 1 unspecified atom stereocenters. The van der Waals surface area contributed by atoms with Crippen molar-refractivity contribution in [3.8, 4) is 5.75 Å². The molecule has 0 radical (unpaired) electrons. The van der Waals surface area contributed by atoms with E-state index >= 15 is 0 Å². The van der Waals surface area contributed by atoms with Gasteiger partial charge in [0.25, 0.3) is 0 Å². The molecule has 25 heavy (non-hydrogen) atoms. The Kier molecular flexibility index (Phi) is 5.58. The summed E-state index contributed by atoms with van der Waals surface area (Å²) < 4.78 is 5.21. The fourth-order valence-electron chi connectivity index (χ4n) is 3.36. The minimum absolute atomic E-state index is 0.0593. The molecule has 1 aromatic rings. The summed E-state index contributed by atoms with van der Waals surface area (Å²) in [6.07, 6.45) is 2.32. The van der Waals surface area contributed by atoms with Gasteiger partial charge in [0, 0.05) is 33.1 Å². The third-order valence-electron chi connectivity index (χ3n) is 5.07. The van der Waals surface area contributed by atoms with E-state index in [0.717, 1.165) is 37.2 Å². The van der Waals surface area contributed by atoms with Crippen LogP contribution in [-0.4, -0.2) is 61.4 Å². The predicted octanol–water partition coefficient (Wildman–Crippen LogP) is 1.43. The Hall–Kier alpha value is -2.08. The normalized spacial score (nSPS) is 19.4. The van der Waals surface area contributed by atoms with Crippen LogP contribution in [0, 0.1) is 5.92 Å². The predicted molar refractivity (Wildman–Crippen MR) is 95.3 cm³/mol. The molecule has 1 N–H and O–H groups in total. The van der Waals surface area contributed by atoms with Gasteiger partial charge in [-0.25, -0.2) is 0 Å². The summed E-state index contributed by atoms with van der Waals surface area (Å²) in [7, 11) is 1.65. The van der Waals surface area contributed by atoms with Gasteiger partial charge < -0.3 is 15.0 Å². The van der Waals surface area contributed by atoms with Gasteiger partial charge in [-0.3, -0.25) is 14.5 Å². The monoisotopic (exact) mass is 345 g/mol. The first-order chi connectivity index (χ1) is 12.1. The lowest BCUT2D eigenvalue weighted by Gasteiger charge is -2.34. The summed E-state index contributed by atoms with van der Waals surface area (Å²) in [6, 6.07) is 8.04. The van der Waals surface area contributed by atoms with Crippen molar-refractivity contribution < 1.29 is 14.3 Å². The lowest BCUT2D eigenvalue weighted by atomic mass is 10.0. The van der Waals surface area contributed by atoms with Crippen LogP contribution in [0.15, 0.2) is 24.3 Å². The maximum atomic E-state index is 12.5. The van der Waals surface area contributed by atoms with Gasteiger partial charge in [-0.2, -0.15) is 0 Å². The van der Waals surface area contributed by atoms with Gasteiger partial charge in [0.2, 0.25) is 11.8 Å². The maximum Gasteiger partial charge on any atom is 0.234 e. The van der Waals surface area contributed by atoms with Crippen LogP contribution in [0.25, 0.3) is 0 Å². The number of nitrogens with zero attached hydrogens (tertiary/aromatic N) is 2. The molecule has 1 atom stereocenters. The third-order valence-corrected chi connectivity index (χ3v) is 5.07. The fraction of sp³-hybridized carbons (Fsp3) is 0.579. The third kappa shape index (κ3) is 4.72. The molecule has 1 saturated carbocycles. The van der Waals surface area contributed by atoms with E-state index in [9.17, 15) is 9.59 Å². The van der Waals surface area contributed by atoms with Crippen molar-refractivity contribution >= 4 is 11.8 Å². The van der Waals surface area contributed by atoms with Crippen molar-refractivity contribution in [1.29, 1.82) is 0 Å². The zero-order valence-electron chi connectivity index (χ0n) is 15.0. The fourth-order valence-corrected chi connectivity index (χ4v) is 3.36. The molecule has 0 aromatic heterocycles. The number of piperazine rings is 1. The van der Waals surface area contributed by atoms with Gasteiger partial charge >= 0.3 is 0 Å². The Balaban J connectivity index is 1.54. The molecule has 1 aliphatic heterocycles. The summed E-state index contributed by atoms with van der Waals surface area (Å²) in [5.41, 5.74) is 1.14. The van der Waals surface area contributed by atoms with Crippen molar-refractivity contribution in [1.82, 2.24) is 15.1 Å². The van der Waals surface area contributed by atoms with E-state index in [1.165, 1.54) is 0 Å². The number of methoxy groups -OCH3 is 1. The standard InChI is InChI=1S/C19H27N3O3/c1-14(23)22-11-9-21(10-12-22)13-18(24)20-19(15-3-4-15)16-5-7-17(25-2)8-6-16/h5-8,15,19H,3-4,9-13H2,1-2H3,(H,20,24). The summed E-state index contributed by atoms with van der Waals surface area (Å²) in [4.78, 5) is 27.8. The Bertz CT molecular complexity index is 605. The molecule has 136 valence electrons. The summed E-state index contributed by atoms with van der Waals surface area (Å²) >= 11 is 0. The number of hydrogen-bond acceptors (Lipinski definition) is 4. The van der Waals surface area contributed by atoms with Crippen molar-refractivity contribution in [2.45, 2.75) is 25.8 Å². The van der Waals surface area contributed by atoms with E-state index in [1.807, 2.05) is 29.2 Å². The Morgan fingerprint density at radius 1 is 1.16 bits per heavy atom. The molecule has 1 aliphatic carbocycles. The highest BCUT2D eigenvalue weighted by molar-refractivity contribution is 5.78. The first-order valence-corrected chi connectivity index (χ1v) is 8.98. The number of carbonyl (C=O) groups is 2. The van der Waals surface area contributed by atoms with E-state index in [1.54, 1.807) is 14.0 Å². The molecule has 1 saturated heterocycles. The van der Waals surface area contributed by atoms with E-state index in [0.29, 0.717) is 25.6 Å². The Morgan fingerprint density at radius 2 is 1.80 bits per heavy atom. The first-order valence-electron chi connectivity index (χ1n) is 8.98. The van der Waals surface area contributed by atoms with Gasteiger partial charge in [-0.05, 0) is 36.5 Å². The molecular formula is C19H27N3O3. The first kappa shape index (κ1) is 17.7. The van der Waals surface area contributed by atoms with E-state index in [2.05, 4.69) is 10.2 Å². The lowest BCUT2D eigenvalue weighted by Crippen LogP contribution is -2.50. The number of amides is 2. The molecule has 1 aromatic carbocycles. The number of rotatable bonds is 6. The zero-order valence-corrected chi connectivity index (χ0v) is 15.0. The Labute approximate surface area is 149 Å². The van der Waals surface area contributed by atoms with Crippen molar-refractivity contribution in [3.63, 3.8) is 0 Å². The van der Waals surface area contributed by atoms with Gasteiger partial charge in [0.15, 0.2) is 0 Å². The number of nitrogens with one attached hydrogen (secondary N) is 1. The molecule has 3 rings (SSSR count). The van der Waals surface area contributed by atoms with Crippen molar-refractivity contribution in [3.05, 3.63) is 29.8 Å². The average molecular weight is 345 g/mol. The van der Waals surface area contributed by atoms with E-state index in [-0.39, 0.29) is 17.9 Å². The topological polar surface area (TPSA) is 61.9 Å². The number of ether oxygens (including phenoxy) is 1. The van der Waals surface area contributed by atoms with Crippen LogP contribution in [0.4, 0.5) is 0 Å². The van der Waals surface area contributed by atoms with Crippen LogP contribution in [0.3, 0.4) is 0 Å². The highest BCUT2D eigenvalue weighted by Gasteiger charge is 2.33. The molecular weight excluding hydrogens is 318 g/mol. The molecule has 0 spiro atoms.